The van der Waals surface area contributed by atoms with E-state index in [4.69, 9.17) is 23.2 Å². The summed E-state index contributed by atoms with van der Waals surface area (Å²) in [6, 6.07) is 9.98. The van der Waals surface area contributed by atoms with E-state index < -0.39 is 11.7 Å². The van der Waals surface area contributed by atoms with Crippen LogP contribution in [0.15, 0.2) is 42.5 Å². The minimum Gasteiger partial charge on any atom is -0.378 e. The molecule has 0 spiro atoms. The molecule has 6 heteroatoms. The van der Waals surface area contributed by atoms with E-state index >= 15 is 0 Å². The first-order valence-electron chi connectivity index (χ1n) is 6.16. The van der Waals surface area contributed by atoms with Gasteiger partial charge in [0.05, 0.1) is 15.6 Å². The Hall–Kier alpha value is -1.39. The number of halogens is 5. The molecule has 0 aliphatic rings. The maximum atomic E-state index is 12.5. The zero-order chi connectivity index (χ0) is 15.6. The molecule has 2 aromatic rings. The summed E-state index contributed by atoms with van der Waals surface area (Å²) in [4.78, 5) is 0. The third-order valence-electron chi connectivity index (χ3n) is 3.04. The van der Waals surface area contributed by atoms with Crippen LogP contribution in [-0.4, -0.2) is 0 Å². The van der Waals surface area contributed by atoms with Crippen LogP contribution in [0.2, 0.25) is 10.0 Å². The lowest BCUT2D eigenvalue weighted by Gasteiger charge is -2.17. The molecule has 21 heavy (non-hydrogen) atoms. The summed E-state index contributed by atoms with van der Waals surface area (Å²) < 4.78 is 37.5. The van der Waals surface area contributed by atoms with E-state index in [-0.39, 0.29) is 6.04 Å². The molecule has 2 aromatic carbocycles. The van der Waals surface area contributed by atoms with Crippen LogP contribution in [0.5, 0.6) is 0 Å². The highest BCUT2D eigenvalue weighted by molar-refractivity contribution is 6.42. The third kappa shape index (κ3) is 4.05. The topological polar surface area (TPSA) is 12.0 Å². The smallest absolute Gasteiger partial charge is 0.378 e. The molecule has 112 valence electrons. The van der Waals surface area contributed by atoms with Gasteiger partial charge in [-0.3, -0.25) is 0 Å². The average Bonchev–Trinajstić information content (AvgIpc) is 2.42. The summed E-state index contributed by atoms with van der Waals surface area (Å²) in [5.74, 6) is 0. The highest BCUT2D eigenvalue weighted by Gasteiger charge is 2.30. The maximum absolute atomic E-state index is 12.5. The molecule has 0 aliphatic heterocycles. The summed E-state index contributed by atoms with van der Waals surface area (Å²) >= 11 is 11.7. The first-order chi connectivity index (χ1) is 9.77. The molecule has 1 nitrogen and oxygen atoms in total. The van der Waals surface area contributed by atoms with E-state index in [1.807, 2.05) is 6.92 Å². The molecular weight excluding hydrogens is 322 g/mol. The number of anilines is 1. The Morgan fingerprint density at radius 3 is 2.10 bits per heavy atom. The standard InChI is InChI=1S/C15H12Cl2F3N/c1-9(21-12-6-7-13(16)14(17)8-12)10-2-4-11(5-3-10)15(18,19)20/h2-9,21H,1H3. The molecule has 0 aliphatic carbocycles. The lowest BCUT2D eigenvalue weighted by molar-refractivity contribution is -0.137. The predicted octanol–water partition coefficient (Wildman–Crippen LogP) is 6.19. The van der Waals surface area contributed by atoms with Crippen molar-refractivity contribution in [1.82, 2.24) is 0 Å². The van der Waals surface area contributed by atoms with Gasteiger partial charge in [-0.2, -0.15) is 13.2 Å². The predicted molar refractivity (Wildman–Crippen MR) is 79.9 cm³/mol. The number of hydrogen-bond acceptors (Lipinski definition) is 1. The number of nitrogens with one attached hydrogen (secondary N) is 1. The first kappa shape index (κ1) is 16.0. The van der Waals surface area contributed by atoms with Crippen molar-refractivity contribution in [2.45, 2.75) is 19.1 Å². The molecule has 0 fully saturated rings. The zero-order valence-corrected chi connectivity index (χ0v) is 12.5. The molecule has 0 bridgehead atoms. The second-order valence-corrected chi connectivity index (χ2v) is 5.43. The van der Waals surface area contributed by atoms with Crippen molar-refractivity contribution in [2.75, 3.05) is 5.32 Å². The largest absolute Gasteiger partial charge is 0.416 e. The molecule has 1 atom stereocenters. The monoisotopic (exact) mass is 333 g/mol. The lowest BCUT2D eigenvalue weighted by atomic mass is 10.1. The van der Waals surface area contributed by atoms with Crippen LogP contribution in [-0.2, 0) is 6.18 Å². The number of hydrogen-bond donors (Lipinski definition) is 1. The van der Waals surface area contributed by atoms with Crippen LogP contribution in [0, 0.1) is 0 Å². The van der Waals surface area contributed by atoms with Crippen LogP contribution >= 0.6 is 23.2 Å². The summed E-state index contributed by atoms with van der Waals surface area (Å²) in [5.41, 5.74) is 0.832. The van der Waals surface area contributed by atoms with Gasteiger partial charge in [0, 0.05) is 11.7 Å². The van der Waals surface area contributed by atoms with Crippen molar-refractivity contribution < 1.29 is 13.2 Å². The number of alkyl halides is 3. The molecule has 1 unspecified atom stereocenters. The fourth-order valence-electron chi connectivity index (χ4n) is 1.88. The quantitative estimate of drug-likeness (QED) is 0.706. The highest BCUT2D eigenvalue weighted by Crippen LogP contribution is 2.31. The van der Waals surface area contributed by atoms with Gasteiger partial charge < -0.3 is 5.32 Å². The Bertz CT molecular complexity index is 624. The van der Waals surface area contributed by atoms with Crippen LogP contribution < -0.4 is 5.32 Å². The molecule has 1 N–H and O–H groups in total. The van der Waals surface area contributed by atoms with E-state index in [1.54, 1.807) is 18.2 Å². The van der Waals surface area contributed by atoms with Crippen LogP contribution in [0.3, 0.4) is 0 Å². The summed E-state index contributed by atoms with van der Waals surface area (Å²) in [6.07, 6.45) is -4.32. The van der Waals surface area contributed by atoms with Gasteiger partial charge in [-0.25, -0.2) is 0 Å². The lowest BCUT2D eigenvalue weighted by Crippen LogP contribution is -2.08. The molecule has 2 rings (SSSR count). The van der Waals surface area contributed by atoms with Gasteiger partial charge in [-0.1, -0.05) is 35.3 Å². The Morgan fingerprint density at radius 1 is 0.952 bits per heavy atom. The van der Waals surface area contributed by atoms with Crippen molar-refractivity contribution in [1.29, 1.82) is 0 Å². The van der Waals surface area contributed by atoms with E-state index in [1.165, 1.54) is 12.1 Å². The van der Waals surface area contributed by atoms with Gasteiger partial charge in [0.25, 0.3) is 0 Å². The number of benzene rings is 2. The van der Waals surface area contributed by atoms with Gasteiger partial charge in [0.15, 0.2) is 0 Å². The van der Waals surface area contributed by atoms with Gasteiger partial charge in [0.1, 0.15) is 0 Å². The molecule has 0 saturated heterocycles. The molecule has 0 radical (unpaired) electrons. The van der Waals surface area contributed by atoms with Crippen LogP contribution in [0.25, 0.3) is 0 Å². The summed E-state index contributed by atoms with van der Waals surface area (Å²) in [5, 5.41) is 4.03. The third-order valence-corrected chi connectivity index (χ3v) is 3.78. The Kier molecular flexibility index (Phi) is 4.69. The van der Waals surface area contributed by atoms with Crippen molar-refractivity contribution >= 4 is 28.9 Å². The molecule has 0 saturated carbocycles. The SMILES string of the molecule is CC(Nc1ccc(Cl)c(Cl)c1)c1ccc(C(F)(F)F)cc1. The Labute approximate surface area is 130 Å². The van der Waals surface area contributed by atoms with Gasteiger partial charge in [0.2, 0.25) is 0 Å². The van der Waals surface area contributed by atoms with E-state index in [0.29, 0.717) is 10.0 Å². The average molecular weight is 334 g/mol. The van der Waals surface area contributed by atoms with Crippen molar-refractivity contribution in [3.05, 3.63) is 63.6 Å². The zero-order valence-electron chi connectivity index (χ0n) is 11.0. The van der Waals surface area contributed by atoms with Crippen LogP contribution in [0.1, 0.15) is 24.1 Å². The van der Waals surface area contributed by atoms with Gasteiger partial charge in [-0.05, 0) is 42.8 Å². The molecule has 0 aromatic heterocycles. The second-order valence-electron chi connectivity index (χ2n) is 4.61. The summed E-state index contributed by atoms with van der Waals surface area (Å²) in [7, 11) is 0. The summed E-state index contributed by atoms with van der Waals surface area (Å²) in [6.45, 7) is 1.85. The maximum Gasteiger partial charge on any atom is 0.416 e. The van der Waals surface area contributed by atoms with Crippen molar-refractivity contribution in [2.24, 2.45) is 0 Å². The van der Waals surface area contributed by atoms with E-state index in [0.717, 1.165) is 23.4 Å². The molecular formula is C15H12Cl2F3N. The first-order valence-corrected chi connectivity index (χ1v) is 6.91. The van der Waals surface area contributed by atoms with Gasteiger partial charge >= 0.3 is 6.18 Å². The van der Waals surface area contributed by atoms with Crippen molar-refractivity contribution in [3.8, 4) is 0 Å². The fourth-order valence-corrected chi connectivity index (χ4v) is 2.18. The fraction of sp³-hybridized carbons (Fsp3) is 0.200. The molecule has 0 amide bonds. The Balaban J connectivity index is 2.13. The minimum absolute atomic E-state index is 0.162. The van der Waals surface area contributed by atoms with Gasteiger partial charge in [-0.15, -0.1) is 0 Å². The van der Waals surface area contributed by atoms with Crippen LogP contribution in [0.4, 0.5) is 18.9 Å². The van der Waals surface area contributed by atoms with E-state index in [9.17, 15) is 13.2 Å². The van der Waals surface area contributed by atoms with E-state index in [2.05, 4.69) is 5.32 Å². The number of rotatable bonds is 3. The normalized spacial score (nSPS) is 13.0. The van der Waals surface area contributed by atoms with Crippen molar-refractivity contribution in [3.63, 3.8) is 0 Å². The minimum atomic E-state index is -4.32. The second kappa shape index (κ2) is 6.16. The molecule has 0 heterocycles. The highest BCUT2D eigenvalue weighted by atomic mass is 35.5. The Morgan fingerprint density at radius 2 is 1.57 bits per heavy atom.